The van der Waals surface area contributed by atoms with Gasteiger partial charge in [0.25, 0.3) is 0 Å². The van der Waals surface area contributed by atoms with Gasteiger partial charge in [-0.3, -0.25) is 4.68 Å². The molecular weight excluding hydrogens is 439 g/mol. The van der Waals surface area contributed by atoms with Gasteiger partial charge in [-0.2, -0.15) is 18.3 Å². The first-order chi connectivity index (χ1) is 15.3. The van der Waals surface area contributed by atoms with E-state index in [1.54, 1.807) is 35.4 Å². The Hall–Kier alpha value is -3.36. The molecule has 0 aliphatic carbocycles. The molecule has 32 heavy (non-hydrogen) atoms. The first kappa shape index (κ1) is 21.9. The molecule has 4 rings (SSSR count). The van der Waals surface area contributed by atoms with Crippen molar-refractivity contribution in [3.63, 3.8) is 0 Å². The fourth-order valence-electron chi connectivity index (χ4n) is 3.58. The molecule has 0 fully saturated rings. The van der Waals surface area contributed by atoms with Crippen molar-refractivity contribution in [1.82, 2.24) is 14.8 Å². The van der Waals surface area contributed by atoms with Gasteiger partial charge in [-0.25, -0.2) is 4.98 Å². The number of nitrogens with zero attached hydrogens (tertiary/aromatic N) is 3. The summed E-state index contributed by atoms with van der Waals surface area (Å²) in [4.78, 5) is 4.20. The third-order valence-electron chi connectivity index (χ3n) is 5.19. The van der Waals surface area contributed by atoms with Crippen LogP contribution < -0.4 is 11.5 Å². The van der Waals surface area contributed by atoms with E-state index >= 15 is 0 Å². The predicted molar refractivity (Wildman–Crippen MR) is 119 cm³/mol. The molecule has 4 N–H and O–H groups in total. The van der Waals surface area contributed by atoms with E-state index in [1.807, 2.05) is 18.2 Å². The molecule has 4 aromatic rings. The zero-order valence-electron chi connectivity index (χ0n) is 16.7. The standard InChI is InChI=1S/C23H19ClF3N5/c24-18-7-3-15(4-8-18)21-19(9-10-30-22(21)29)16-12-31-32(13-16)20(11-28)14-1-5-17(6-2-14)23(25,26)27/h1-10,12-13,20H,11,28H2,(H2,29,30). The fourth-order valence-corrected chi connectivity index (χ4v) is 3.70. The lowest BCUT2D eigenvalue weighted by Crippen LogP contribution is -2.21. The van der Waals surface area contributed by atoms with Crippen LogP contribution in [-0.2, 0) is 6.18 Å². The average molecular weight is 458 g/mol. The molecule has 0 amide bonds. The van der Waals surface area contributed by atoms with Crippen LogP contribution in [0.2, 0.25) is 5.02 Å². The Bertz CT molecular complexity index is 1220. The fraction of sp³-hybridized carbons (Fsp3) is 0.130. The molecule has 0 aliphatic rings. The van der Waals surface area contributed by atoms with Crippen LogP contribution in [-0.4, -0.2) is 21.3 Å². The molecule has 0 aliphatic heterocycles. The molecule has 164 valence electrons. The maximum absolute atomic E-state index is 12.9. The second kappa shape index (κ2) is 8.64. The van der Waals surface area contributed by atoms with Crippen LogP contribution in [0.4, 0.5) is 19.0 Å². The van der Waals surface area contributed by atoms with Crippen LogP contribution in [0.15, 0.2) is 73.2 Å². The van der Waals surface area contributed by atoms with Gasteiger partial charge in [0, 0.05) is 35.1 Å². The third kappa shape index (κ3) is 4.32. The maximum atomic E-state index is 12.9. The van der Waals surface area contributed by atoms with Crippen molar-refractivity contribution in [2.75, 3.05) is 12.3 Å². The topological polar surface area (TPSA) is 82.8 Å². The molecular formula is C23H19ClF3N5. The van der Waals surface area contributed by atoms with Crippen molar-refractivity contribution < 1.29 is 13.2 Å². The Labute approximate surface area is 187 Å². The van der Waals surface area contributed by atoms with E-state index in [2.05, 4.69) is 10.1 Å². The maximum Gasteiger partial charge on any atom is 0.416 e. The zero-order chi connectivity index (χ0) is 22.9. The number of nitrogens with two attached hydrogens (primary N) is 2. The minimum Gasteiger partial charge on any atom is -0.383 e. The van der Waals surface area contributed by atoms with Crippen molar-refractivity contribution in [3.8, 4) is 22.3 Å². The van der Waals surface area contributed by atoms with Gasteiger partial charge >= 0.3 is 6.18 Å². The minimum atomic E-state index is -4.39. The van der Waals surface area contributed by atoms with Gasteiger partial charge in [0.1, 0.15) is 5.82 Å². The number of pyridine rings is 1. The van der Waals surface area contributed by atoms with Crippen LogP contribution >= 0.6 is 11.6 Å². The van der Waals surface area contributed by atoms with E-state index in [0.29, 0.717) is 16.4 Å². The molecule has 1 unspecified atom stereocenters. The number of rotatable bonds is 5. The summed E-state index contributed by atoms with van der Waals surface area (Å²) in [6.45, 7) is 0.162. The highest BCUT2D eigenvalue weighted by Crippen LogP contribution is 2.36. The summed E-state index contributed by atoms with van der Waals surface area (Å²) in [5.74, 6) is 0.357. The van der Waals surface area contributed by atoms with Crippen molar-refractivity contribution in [2.24, 2.45) is 5.73 Å². The van der Waals surface area contributed by atoms with Crippen molar-refractivity contribution >= 4 is 17.4 Å². The Morgan fingerprint density at radius 3 is 2.28 bits per heavy atom. The second-order valence-corrected chi connectivity index (χ2v) is 7.64. The normalized spacial score (nSPS) is 12.7. The van der Waals surface area contributed by atoms with E-state index in [9.17, 15) is 13.2 Å². The summed E-state index contributed by atoms with van der Waals surface area (Å²) in [5, 5.41) is 5.03. The molecule has 1 atom stereocenters. The summed E-state index contributed by atoms with van der Waals surface area (Å²) in [6.07, 6.45) is 0.678. The van der Waals surface area contributed by atoms with Crippen LogP contribution in [0, 0.1) is 0 Å². The van der Waals surface area contributed by atoms with E-state index in [0.717, 1.165) is 34.4 Å². The van der Waals surface area contributed by atoms with Crippen LogP contribution in [0.25, 0.3) is 22.3 Å². The molecule has 0 radical (unpaired) electrons. The summed E-state index contributed by atoms with van der Waals surface area (Å²) in [5.41, 5.74) is 15.2. The molecule has 9 heteroatoms. The van der Waals surface area contributed by atoms with Crippen LogP contribution in [0.3, 0.4) is 0 Å². The molecule has 2 heterocycles. The molecule has 0 saturated carbocycles. The van der Waals surface area contributed by atoms with Crippen molar-refractivity contribution in [1.29, 1.82) is 0 Å². The summed E-state index contributed by atoms with van der Waals surface area (Å²) < 4.78 is 40.3. The smallest absolute Gasteiger partial charge is 0.383 e. The van der Waals surface area contributed by atoms with Gasteiger partial charge < -0.3 is 11.5 Å². The van der Waals surface area contributed by atoms with E-state index < -0.39 is 17.8 Å². The highest BCUT2D eigenvalue weighted by molar-refractivity contribution is 6.30. The minimum absolute atomic E-state index is 0.162. The first-order valence-corrected chi connectivity index (χ1v) is 10.1. The first-order valence-electron chi connectivity index (χ1n) is 9.70. The molecule has 5 nitrogen and oxygen atoms in total. The number of benzene rings is 2. The van der Waals surface area contributed by atoms with Gasteiger partial charge in [-0.15, -0.1) is 0 Å². The van der Waals surface area contributed by atoms with Gasteiger partial charge in [-0.05, 0) is 47.0 Å². The quantitative estimate of drug-likeness (QED) is 0.419. The number of anilines is 1. The molecule has 0 bridgehead atoms. The van der Waals surface area contributed by atoms with Gasteiger partial charge in [0.15, 0.2) is 0 Å². The van der Waals surface area contributed by atoms with Crippen LogP contribution in [0.1, 0.15) is 17.2 Å². The van der Waals surface area contributed by atoms with Crippen molar-refractivity contribution in [2.45, 2.75) is 12.2 Å². The number of hydrogen-bond donors (Lipinski definition) is 2. The highest BCUT2D eigenvalue weighted by atomic mass is 35.5. The highest BCUT2D eigenvalue weighted by Gasteiger charge is 2.30. The van der Waals surface area contributed by atoms with Crippen LogP contribution in [0.5, 0.6) is 0 Å². The lowest BCUT2D eigenvalue weighted by Gasteiger charge is -2.17. The third-order valence-corrected chi connectivity index (χ3v) is 5.44. The second-order valence-electron chi connectivity index (χ2n) is 7.21. The van der Waals surface area contributed by atoms with E-state index in [-0.39, 0.29) is 6.54 Å². The lowest BCUT2D eigenvalue weighted by atomic mass is 9.97. The largest absolute Gasteiger partial charge is 0.416 e. The number of hydrogen-bond acceptors (Lipinski definition) is 4. The Morgan fingerprint density at radius 1 is 0.969 bits per heavy atom. The lowest BCUT2D eigenvalue weighted by molar-refractivity contribution is -0.137. The van der Waals surface area contributed by atoms with E-state index in [1.165, 1.54) is 12.1 Å². The number of halogens is 4. The van der Waals surface area contributed by atoms with Gasteiger partial charge in [0.05, 0.1) is 17.8 Å². The molecule has 2 aromatic heterocycles. The predicted octanol–water partition coefficient (Wildman–Crippen LogP) is 5.41. The summed E-state index contributed by atoms with van der Waals surface area (Å²) in [6, 6.07) is 13.6. The Balaban J connectivity index is 1.71. The number of alkyl halides is 3. The van der Waals surface area contributed by atoms with Gasteiger partial charge in [-0.1, -0.05) is 35.9 Å². The van der Waals surface area contributed by atoms with E-state index in [4.69, 9.17) is 23.1 Å². The SMILES string of the molecule is NCC(c1ccc(C(F)(F)F)cc1)n1cc(-c2ccnc(N)c2-c2ccc(Cl)cc2)cn1. The average Bonchev–Trinajstić information content (AvgIpc) is 3.24. The summed E-state index contributed by atoms with van der Waals surface area (Å²) >= 11 is 6.01. The number of aromatic nitrogens is 3. The Kier molecular flexibility index (Phi) is 5.90. The zero-order valence-corrected chi connectivity index (χ0v) is 17.5. The molecule has 0 spiro atoms. The summed E-state index contributed by atoms with van der Waals surface area (Å²) in [7, 11) is 0. The molecule has 2 aromatic carbocycles. The number of nitrogen functional groups attached to an aromatic ring is 1. The monoisotopic (exact) mass is 457 g/mol. The van der Waals surface area contributed by atoms with Gasteiger partial charge in [0.2, 0.25) is 0 Å². The molecule has 0 saturated heterocycles. The Morgan fingerprint density at radius 2 is 1.66 bits per heavy atom. The van der Waals surface area contributed by atoms with Crippen molar-refractivity contribution in [3.05, 3.63) is 89.3 Å².